The number of hydrogen-bond donors (Lipinski definition) is 2. The van der Waals surface area contributed by atoms with E-state index < -0.39 is 0 Å². The van der Waals surface area contributed by atoms with Crippen molar-refractivity contribution in [3.05, 3.63) is 30.3 Å². The molecule has 1 heterocycles. The number of aliphatic hydroxyl groups is 1. The molecular formula is C11H16N2O. The van der Waals surface area contributed by atoms with Crippen LogP contribution in [-0.4, -0.2) is 24.8 Å². The second-order valence-electron chi connectivity index (χ2n) is 4.23. The fourth-order valence-corrected chi connectivity index (χ4v) is 1.68. The molecule has 1 aromatic rings. The first-order valence-electron chi connectivity index (χ1n) is 4.90. The van der Waals surface area contributed by atoms with Gasteiger partial charge in [0.15, 0.2) is 0 Å². The van der Waals surface area contributed by atoms with Crippen LogP contribution in [0.3, 0.4) is 0 Å². The fourth-order valence-electron chi connectivity index (χ4n) is 1.68. The molecule has 76 valence electrons. The molecule has 1 aliphatic heterocycles. The zero-order valence-electron chi connectivity index (χ0n) is 8.40. The predicted octanol–water partition coefficient (Wildman–Crippen LogP) is 1.01. The molecule has 3 heteroatoms. The van der Waals surface area contributed by atoms with Crippen molar-refractivity contribution in [3.63, 3.8) is 0 Å². The van der Waals surface area contributed by atoms with Crippen molar-refractivity contribution in [1.29, 1.82) is 0 Å². The largest absolute Gasteiger partial charge is 0.396 e. The molecule has 0 bridgehead atoms. The molecule has 0 saturated carbocycles. The van der Waals surface area contributed by atoms with E-state index in [4.69, 9.17) is 0 Å². The summed E-state index contributed by atoms with van der Waals surface area (Å²) in [6, 6.07) is 10.2. The van der Waals surface area contributed by atoms with E-state index in [0.717, 1.165) is 18.8 Å². The maximum Gasteiger partial charge on any atom is 0.0519 e. The number of para-hydroxylation sites is 1. The molecule has 1 saturated heterocycles. The number of nitrogens with zero attached hydrogens (tertiary/aromatic N) is 1. The molecule has 0 aromatic heterocycles. The van der Waals surface area contributed by atoms with Gasteiger partial charge in [0.2, 0.25) is 0 Å². The monoisotopic (exact) mass is 192 g/mol. The number of anilines is 1. The van der Waals surface area contributed by atoms with Gasteiger partial charge in [-0.3, -0.25) is 0 Å². The highest BCUT2D eigenvalue weighted by molar-refractivity contribution is 5.46. The highest BCUT2D eigenvalue weighted by Crippen LogP contribution is 2.25. The smallest absolute Gasteiger partial charge is 0.0519 e. The lowest BCUT2D eigenvalue weighted by molar-refractivity contribution is 0.171. The van der Waals surface area contributed by atoms with E-state index >= 15 is 0 Å². The first kappa shape index (κ1) is 9.49. The molecular weight excluding hydrogens is 176 g/mol. The van der Waals surface area contributed by atoms with Crippen LogP contribution in [0, 0.1) is 5.41 Å². The Hall–Kier alpha value is -1.06. The Labute approximate surface area is 84.3 Å². The van der Waals surface area contributed by atoms with E-state index in [0.29, 0.717) is 0 Å². The van der Waals surface area contributed by atoms with Gasteiger partial charge in [-0.2, -0.15) is 0 Å². The zero-order valence-corrected chi connectivity index (χ0v) is 8.40. The van der Waals surface area contributed by atoms with E-state index in [-0.39, 0.29) is 12.0 Å². The first-order valence-corrected chi connectivity index (χ1v) is 4.90. The minimum Gasteiger partial charge on any atom is -0.396 e. The lowest BCUT2D eigenvalue weighted by Crippen LogP contribution is -2.30. The number of nitrogens with one attached hydrogen (secondary N) is 1. The summed E-state index contributed by atoms with van der Waals surface area (Å²) in [5, 5.41) is 11.3. The zero-order chi connectivity index (χ0) is 10.0. The fraction of sp³-hybridized carbons (Fsp3) is 0.455. The third-order valence-corrected chi connectivity index (χ3v) is 2.69. The summed E-state index contributed by atoms with van der Waals surface area (Å²) in [6.45, 7) is 4.00. The van der Waals surface area contributed by atoms with Crippen molar-refractivity contribution in [1.82, 2.24) is 5.43 Å². The lowest BCUT2D eigenvalue weighted by Gasteiger charge is -2.21. The van der Waals surface area contributed by atoms with Crippen molar-refractivity contribution in [2.75, 3.05) is 24.7 Å². The van der Waals surface area contributed by atoms with Crippen LogP contribution < -0.4 is 10.4 Å². The van der Waals surface area contributed by atoms with Gasteiger partial charge in [0.1, 0.15) is 0 Å². The van der Waals surface area contributed by atoms with E-state index in [9.17, 15) is 5.11 Å². The molecule has 1 unspecified atom stereocenters. The van der Waals surface area contributed by atoms with Gasteiger partial charge in [-0.1, -0.05) is 25.1 Å². The van der Waals surface area contributed by atoms with Gasteiger partial charge in [-0.15, -0.1) is 0 Å². The summed E-state index contributed by atoms with van der Waals surface area (Å²) in [4.78, 5) is 0. The van der Waals surface area contributed by atoms with Crippen LogP contribution in [-0.2, 0) is 0 Å². The summed E-state index contributed by atoms with van der Waals surface area (Å²) in [6.07, 6.45) is 0. The number of benzene rings is 1. The van der Waals surface area contributed by atoms with Crippen LogP contribution in [0.2, 0.25) is 0 Å². The Morgan fingerprint density at radius 2 is 2.14 bits per heavy atom. The number of hydrazine groups is 1. The van der Waals surface area contributed by atoms with Crippen LogP contribution in [0.25, 0.3) is 0 Å². The SMILES string of the molecule is CC1(CO)CNN(c2ccccc2)C1. The molecule has 2 rings (SSSR count). The van der Waals surface area contributed by atoms with Gasteiger partial charge in [0.25, 0.3) is 0 Å². The van der Waals surface area contributed by atoms with E-state index in [1.807, 2.05) is 18.2 Å². The van der Waals surface area contributed by atoms with Gasteiger partial charge >= 0.3 is 0 Å². The van der Waals surface area contributed by atoms with Crippen LogP contribution in [0.4, 0.5) is 5.69 Å². The molecule has 1 aromatic carbocycles. The number of hydrogen-bond acceptors (Lipinski definition) is 3. The molecule has 3 nitrogen and oxygen atoms in total. The maximum absolute atomic E-state index is 9.22. The molecule has 0 aliphatic carbocycles. The summed E-state index contributed by atoms with van der Waals surface area (Å²) in [5.74, 6) is 0. The maximum atomic E-state index is 9.22. The Morgan fingerprint density at radius 1 is 1.43 bits per heavy atom. The van der Waals surface area contributed by atoms with E-state index in [1.165, 1.54) is 0 Å². The van der Waals surface area contributed by atoms with E-state index in [2.05, 4.69) is 29.5 Å². The minimum absolute atomic E-state index is 0.0180. The molecule has 1 fully saturated rings. The second kappa shape index (κ2) is 3.59. The quantitative estimate of drug-likeness (QED) is 0.734. The van der Waals surface area contributed by atoms with Crippen molar-refractivity contribution in [3.8, 4) is 0 Å². The minimum atomic E-state index is -0.0180. The van der Waals surface area contributed by atoms with Gasteiger partial charge in [-0.25, -0.2) is 5.43 Å². The average molecular weight is 192 g/mol. The van der Waals surface area contributed by atoms with Crippen molar-refractivity contribution in [2.45, 2.75) is 6.92 Å². The molecule has 0 amide bonds. The molecule has 1 atom stereocenters. The standard InChI is InChI=1S/C11H16N2O/c1-11(9-14)7-12-13(8-11)10-5-3-2-4-6-10/h2-6,12,14H,7-9H2,1H3. The summed E-state index contributed by atoms with van der Waals surface area (Å²) in [5.41, 5.74) is 4.43. The normalized spacial score (nSPS) is 26.9. The topological polar surface area (TPSA) is 35.5 Å². The van der Waals surface area contributed by atoms with Crippen LogP contribution in [0.5, 0.6) is 0 Å². The first-order chi connectivity index (χ1) is 6.73. The Morgan fingerprint density at radius 3 is 2.71 bits per heavy atom. The van der Waals surface area contributed by atoms with Crippen LogP contribution in [0.1, 0.15) is 6.92 Å². The Balaban J connectivity index is 2.10. The molecule has 0 spiro atoms. The van der Waals surface area contributed by atoms with Crippen LogP contribution >= 0.6 is 0 Å². The van der Waals surface area contributed by atoms with Gasteiger partial charge < -0.3 is 10.1 Å². The summed E-state index contributed by atoms with van der Waals surface area (Å²) < 4.78 is 0. The molecule has 0 radical (unpaired) electrons. The van der Waals surface area contributed by atoms with Crippen molar-refractivity contribution >= 4 is 5.69 Å². The van der Waals surface area contributed by atoms with Crippen molar-refractivity contribution in [2.24, 2.45) is 5.41 Å². The average Bonchev–Trinajstić information content (AvgIpc) is 2.63. The third kappa shape index (κ3) is 1.74. The Kier molecular flexibility index (Phi) is 2.44. The summed E-state index contributed by atoms with van der Waals surface area (Å²) >= 11 is 0. The second-order valence-corrected chi connectivity index (χ2v) is 4.23. The van der Waals surface area contributed by atoms with Gasteiger partial charge in [-0.05, 0) is 12.1 Å². The lowest BCUT2D eigenvalue weighted by atomic mass is 9.93. The van der Waals surface area contributed by atoms with Gasteiger partial charge in [0.05, 0.1) is 12.3 Å². The predicted molar refractivity (Wildman–Crippen MR) is 57.0 cm³/mol. The molecule has 1 aliphatic rings. The highest BCUT2D eigenvalue weighted by atomic mass is 16.3. The summed E-state index contributed by atoms with van der Waals surface area (Å²) in [7, 11) is 0. The number of aliphatic hydroxyl groups excluding tert-OH is 1. The number of rotatable bonds is 2. The molecule has 14 heavy (non-hydrogen) atoms. The van der Waals surface area contributed by atoms with E-state index in [1.54, 1.807) is 0 Å². The van der Waals surface area contributed by atoms with Crippen molar-refractivity contribution < 1.29 is 5.11 Å². The highest BCUT2D eigenvalue weighted by Gasteiger charge is 2.33. The molecule has 2 N–H and O–H groups in total. The third-order valence-electron chi connectivity index (χ3n) is 2.69. The Bertz CT molecular complexity index is 301. The van der Waals surface area contributed by atoms with Gasteiger partial charge in [0, 0.05) is 18.5 Å². The van der Waals surface area contributed by atoms with Crippen LogP contribution in [0.15, 0.2) is 30.3 Å².